The van der Waals surface area contributed by atoms with E-state index in [1.54, 1.807) is 24.3 Å². The monoisotopic (exact) mass is 289 g/mol. The van der Waals surface area contributed by atoms with Crippen LogP contribution in [-0.4, -0.2) is 11.9 Å². The van der Waals surface area contributed by atoms with Crippen molar-refractivity contribution in [2.45, 2.75) is 32.7 Å². The lowest BCUT2D eigenvalue weighted by molar-refractivity contribution is 0.0929. The summed E-state index contributed by atoms with van der Waals surface area (Å²) in [5.74, 6) is 2.12. The molecule has 0 bridgehead atoms. The van der Waals surface area contributed by atoms with E-state index in [-0.39, 0.29) is 11.9 Å². The number of hydrogen-bond donors (Lipinski definition) is 1. The highest BCUT2D eigenvalue weighted by Gasteiger charge is 2.54. The number of nitrogens with one attached hydrogen (secondary N) is 1. The zero-order valence-electron chi connectivity index (χ0n) is 11.9. The van der Waals surface area contributed by atoms with Gasteiger partial charge in [0.05, 0.1) is 0 Å². The maximum absolute atomic E-state index is 12.3. The molecular weight excluding hydrogens is 270 g/mol. The number of benzene rings is 1. The summed E-state index contributed by atoms with van der Waals surface area (Å²) in [6, 6.07) is 7.37. The van der Waals surface area contributed by atoms with Crippen molar-refractivity contribution in [2.24, 2.45) is 17.8 Å². The Hall–Kier alpha value is -1.28. The number of carbonyl (C=O) groups excluding carboxylic acids is 1. The summed E-state index contributed by atoms with van der Waals surface area (Å²) in [6.07, 6.45) is 4.60. The van der Waals surface area contributed by atoms with Crippen LogP contribution in [-0.2, 0) is 0 Å². The van der Waals surface area contributed by atoms with Gasteiger partial charge in [0.1, 0.15) is 0 Å². The van der Waals surface area contributed by atoms with Gasteiger partial charge in [-0.15, -0.1) is 0 Å². The van der Waals surface area contributed by atoms with Gasteiger partial charge in [0.15, 0.2) is 0 Å². The minimum atomic E-state index is 0.0131. The van der Waals surface area contributed by atoms with Crippen LogP contribution in [0.25, 0.3) is 0 Å². The molecule has 2 aliphatic rings. The molecule has 2 nitrogen and oxygen atoms in total. The predicted molar refractivity (Wildman–Crippen MR) is 81.8 cm³/mol. The summed E-state index contributed by atoms with van der Waals surface area (Å²) in [4.78, 5) is 12.3. The van der Waals surface area contributed by atoms with Crippen molar-refractivity contribution in [3.63, 3.8) is 0 Å². The van der Waals surface area contributed by atoms with Gasteiger partial charge < -0.3 is 5.32 Å². The lowest BCUT2D eigenvalue weighted by Gasteiger charge is -2.18. The van der Waals surface area contributed by atoms with Crippen molar-refractivity contribution < 1.29 is 4.79 Å². The number of halogens is 1. The van der Waals surface area contributed by atoms with Crippen molar-refractivity contribution in [1.82, 2.24) is 5.32 Å². The molecular formula is C17H20ClNO. The van der Waals surface area contributed by atoms with Crippen molar-refractivity contribution in [2.75, 3.05) is 0 Å². The zero-order valence-corrected chi connectivity index (χ0v) is 12.7. The van der Waals surface area contributed by atoms with E-state index in [2.05, 4.69) is 25.2 Å². The third kappa shape index (κ3) is 2.49. The van der Waals surface area contributed by atoms with Crippen LogP contribution >= 0.6 is 11.6 Å². The molecule has 1 saturated carbocycles. The quantitative estimate of drug-likeness (QED) is 0.832. The normalized spacial score (nSPS) is 28.6. The number of rotatable bonds is 4. The van der Waals surface area contributed by atoms with Crippen LogP contribution < -0.4 is 5.32 Å². The van der Waals surface area contributed by atoms with E-state index >= 15 is 0 Å². The minimum Gasteiger partial charge on any atom is -0.349 e. The van der Waals surface area contributed by atoms with E-state index in [0.717, 1.165) is 12.3 Å². The van der Waals surface area contributed by atoms with E-state index < -0.39 is 0 Å². The van der Waals surface area contributed by atoms with E-state index in [9.17, 15) is 4.79 Å². The molecule has 3 heteroatoms. The Balaban J connectivity index is 1.64. The van der Waals surface area contributed by atoms with Gasteiger partial charge in [-0.25, -0.2) is 0 Å². The number of allylic oxidation sites excluding steroid dienone is 2. The molecule has 1 N–H and O–H groups in total. The van der Waals surface area contributed by atoms with Gasteiger partial charge in [0.25, 0.3) is 5.91 Å². The summed E-state index contributed by atoms with van der Waals surface area (Å²) in [7, 11) is 0. The standard InChI is InChI=1S/C17H20ClNO/c1-3-15(16-13-8-10(2)9-14(13)16)19-17(20)11-4-6-12(18)7-5-11/h4-8,13-16H,3,9H2,1-2H3,(H,19,20)/t13-,14+,15?,16+/m0/s1. The summed E-state index contributed by atoms with van der Waals surface area (Å²) in [6.45, 7) is 4.36. The van der Waals surface area contributed by atoms with Gasteiger partial charge >= 0.3 is 0 Å². The largest absolute Gasteiger partial charge is 0.349 e. The molecule has 1 fully saturated rings. The molecule has 106 valence electrons. The Morgan fingerprint density at radius 2 is 2.10 bits per heavy atom. The molecule has 20 heavy (non-hydrogen) atoms. The zero-order chi connectivity index (χ0) is 14.3. The van der Waals surface area contributed by atoms with E-state index in [1.165, 1.54) is 12.0 Å². The Labute approximate surface area is 125 Å². The first-order valence-corrected chi connectivity index (χ1v) is 7.71. The molecule has 0 aromatic heterocycles. The van der Waals surface area contributed by atoms with Crippen LogP contribution in [0.15, 0.2) is 35.9 Å². The van der Waals surface area contributed by atoms with Crippen LogP contribution in [0, 0.1) is 17.8 Å². The maximum atomic E-state index is 12.3. The summed E-state index contributed by atoms with van der Waals surface area (Å²) < 4.78 is 0. The molecule has 0 radical (unpaired) electrons. The lowest BCUT2D eigenvalue weighted by Crippen LogP contribution is -2.37. The van der Waals surface area contributed by atoms with Crippen molar-refractivity contribution in [1.29, 1.82) is 0 Å². The summed E-state index contributed by atoms with van der Waals surface area (Å²) >= 11 is 5.85. The predicted octanol–water partition coefficient (Wildman–Crippen LogP) is 4.06. The first-order valence-electron chi connectivity index (χ1n) is 7.34. The fourth-order valence-electron chi connectivity index (χ4n) is 3.59. The van der Waals surface area contributed by atoms with Crippen molar-refractivity contribution >= 4 is 17.5 Å². The van der Waals surface area contributed by atoms with Gasteiger partial charge in [-0.1, -0.05) is 30.2 Å². The van der Waals surface area contributed by atoms with E-state index in [1.807, 2.05) is 0 Å². The molecule has 1 aromatic carbocycles. The first kappa shape index (κ1) is 13.7. The van der Waals surface area contributed by atoms with Crippen LogP contribution in [0.2, 0.25) is 5.02 Å². The molecule has 1 amide bonds. The average Bonchev–Trinajstić information content (AvgIpc) is 2.92. The number of amides is 1. The molecule has 0 spiro atoms. The van der Waals surface area contributed by atoms with Crippen LogP contribution in [0.3, 0.4) is 0 Å². The average molecular weight is 290 g/mol. The fourth-order valence-corrected chi connectivity index (χ4v) is 3.72. The SMILES string of the molecule is CCC(NC(=O)c1ccc(Cl)cc1)[C@@H]1[C@H]2C=C(C)C[C@H]21. The topological polar surface area (TPSA) is 29.1 Å². The molecule has 4 atom stereocenters. The van der Waals surface area contributed by atoms with E-state index in [4.69, 9.17) is 11.6 Å². The Kier molecular flexibility index (Phi) is 3.59. The van der Waals surface area contributed by atoms with Crippen LogP contribution in [0.1, 0.15) is 37.0 Å². The summed E-state index contributed by atoms with van der Waals surface area (Å²) in [5.41, 5.74) is 2.19. The fraction of sp³-hybridized carbons (Fsp3) is 0.471. The Morgan fingerprint density at radius 1 is 1.40 bits per heavy atom. The second-order valence-electron chi connectivity index (χ2n) is 6.03. The highest BCUT2D eigenvalue weighted by Crippen LogP contribution is 2.57. The number of hydrogen-bond acceptors (Lipinski definition) is 1. The summed E-state index contributed by atoms with van der Waals surface area (Å²) in [5, 5.41) is 3.85. The maximum Gasteiger partial charge on any atom is 0.251 e. The molecule has 1 unspecified atom stereocenters. The van der Waals surface area contributed by atoms with Crippen LogP contribution in [0.4, 0.5) is 0 Å². The van der Waals surface area contributed by atoms with Gasteiger partial charge in [-0.3, -0.25) is 4.79 Å². The third-order valence-electron chi connectivity index (χ3n) is 4.65. The number of fused-ring (bicyclic) bond motifs is 1. The third-order valence-corrected chi connectivity index (χ3v) is 4.91. The van der Waals surface area contributed by atoms with Crippen LogP contribution in [0.5, 0.6) is 0 Å². The van der Waals surface area contributed by atoms with Gasteiger partial charge in [-0.05, 0) is 61.8 Å². The van der Waals surface area contributed by atoms with Gasteiger partial charge in [-0.2, -0.15) is 0 Å². The molecule has 1 aromatic rings. The minimum absolute atomic E-state index is 0.0131. The first-order chi connectivity index (χ1) is 9.60. The van der Waals surface area contributed by atoms with Gasteiger partial charge in [0.2, 0.25) is 0 Å². The van der Waals surface area contributed by atoms with Crippen molar-refractivity contribution in [3.05, 3.63) is 46.5 Å². The Bertz CT molecular complexity index is 549. The number of carbonyl (C=O) groups is 1. The smallest absolute Gasteiger partial charge is 0.251 e. The second-order valence-corrected chi connectivity index (χ2v) is 6.47. The lowest BCUT2D eigenvalue weighted by atomic mass is 10.0. The highest BCUT2D eigenvalue weighted by molar-refractivity contribution is 6.30. The van der Waals surface area contributed by atoms with Crippen molar-refractivity contribution in [3.8, 4) is 0 Å². The second kappa shape index (κ2) is 5.25. The van der Waals surface area contributed by atoms with Gasteiger partial charge in [0, 0.05) is 16.6 Å². The molecule has 0 saturated heterocycles. The molecule has 2 aliphatic carbocycles. The highest BCUT2D eigenvalue weighted by atomic mass is 35.5. The molecule has 0 heterocycles. The Morgan fingerprint density at radius 3 is 2.65 bits per heavy atom. The van der Waals surface area contributed by atoms with E-state index in [0.29, 0.717) is 22.4 Å². The molecule has 0 aliphatic heterocycles. The molecule has 3 rings (SSSR count).